The van der Waals surface area contributed by atoms with E-state index in [0.717, 1.165) is 23.6 Å². The number of furan rings is 1. The molecule has 2 rings (SSSR count). The summed E-state index contributed by atoms with van der Waals surface area (Å²) in [6.07, 6.45) is 1.81. The van der Waals surface area contributed by atoms with Crippen molar-refractivity contribution in [1.82, 2.24) is 5.32 Å². The van der Waals surface area contributed by atoms with Crippen LogP contribution in [0.2, 0.25) is 5.02 Å². The highest BCUT2D eigenvalue weighted by molar-refractivity contribution is 6.32. The molecule has 0 aliphatic rings. The highest BCUT2D eigenvalue weighted by atomic mass is 35.5. The molecule has 0 saturated heterocycles. The van der Waals surface area contributed by atoms with E-state index in [4.69, 9.17) is 20.8 Å². The number of ether oxygens (including phenoxy) is 1. The Hall–Kier alpha value is -1.42. The van der Waals surface area contributed by atoms with Gasteiger partial charge in [0.25, 0.3) is 0 Å². The van der Waals surface area contributed by atoms with Crippen LogP contribution in [0.5, 0.6) is 5.75 Å². The minimum atomic E-state index is 0. The molecule has 0 spiro atoms. The monoisotopic (exact) mass is 313 g/mol. The molecule has 0 radical (unpaired) electrons. The lowest BCUT2D eigenvalue weighted by Crippen LogP contribution is -2.11. The zero-order chi connectivity index (χ0) is 13.7. The van der Waals surface area contributed by atoms with Crippen molar-refractivity contribution >= 4 is 24.0 Å². The molecule has 1 aromatic heterocycles. The van der Waals surface area contributed by atoms with Gasteiger partial charge in [0.05, 0.1) is 18.7 Å². The van der Waals surface area contributed by atoms with Crippen molar-refractivity contribution in [1.29, 1.82) is 0 Å². The summed E-state index contributed by atoms with van der Waals surface area (Å²) in [6.45, 7) is 5.08. The van der Waals surface area contributed by atoms with E-state index in [1.807, 2.05) is 36.4 Å². The van der Waals surface area contributed by atoms with Crippen LogP contribution in [0.15, 0.2) is 47.4 Å². The van der Waals surface area contributed by atoms with Crippen molar-refractivity contribution in [2.45, 2.75) is 6.54 Å². The molecular weight excluding hydrogens is 297 g/mol. The quantitative estimate of drug-likeness (QED) is 0.637. The van der Waals surface area contributed by atoms with E-state index in [9.17, 15) is 0 Å². The van der Waals surface area contributed by atoms with Crippen molar-refractivity contribution in [3.8, 4) is 17.1 Å². The first kappa shape index (κ1) is 16.6. The molecule has 2 aromatic rings. The Kier molecular flexibility index (Phi) is 6.65. The molecule has 0 aliphatic carbocycles. The van der Waals surface area contributed by atoms with Gasteiger partial charge in [0.2, 0.25) is 0 Å². The Bertz CT molecular complexity index is 567. The van der Waals surface area contributed by atoms with Crippen LogP contribution in [-0.2, 0) is 6.54 Å². The number of methoxy groups -OCH3 is 1. The fourth-order valence-corrected chi connectivity index (χ4v) is 2.00. The third-order valence-corrected chi connectivity index (χ3v) is 2.98. The third-order valence-electron chi connectivity index (χ3n) is 2.69. The Morgan fingerprint density at radius 3 is 2.80 bits per heavy atom. The van der Waals surface area contributed by atoms with Gasteiger partial charge in [0.15, 0.2) is 0 Å². The van der Waals surface area contributed by atoms with Crippen LogP contribution >= 0.6 is 24.0 Å². The Balaban J connectivity index is 0.00000200. The molecule has 0 aliphatic heterocycles. The second-order valence-corrected chi connectivity index (χ2v) is 4.44. The van der Waals surface area contributed by atoms with Crippen molar-refractivity contribution in [2.24, 2.45) is 0 Å². The number of benzene rings is 1. The largest absolute Gasteiger partial charge is 0.495 e. The summed E-state index contributed by atoms with van der Waals surface area (Å²) < 4.78 is 10.9. The lowest BCUT2D eigenvalue weighted by molar-refractivity contribution is 0.415. The standard InChI is InChI=1S/C15H16ClNO2.ClH/c1-3-8-17-10-12-5-7-14(19-12)11-4-6-15(18-2)13(16)9-11;/h3-7,9,17H,1,8,10H2,2H3;1H. The van der Waals surface area contributed by atoms with E-state index in [-0.39, 0.29) is 12.4 Å². The summed E-state index contributed by atoms with van der Waals surface area (Å²) in [6, 6.07) is 9.47. The van der Waals surface area contributed by atoms with Gasteiger partial charge >= 0.3 is 0 Å². The third kappa shape index (κ3) is 4.04. The molecule has 1 aromatic carbocycles. The maximum absolute atomic E-state index is 6.10. The normalized spacial score (nSPS) is 9.90. The fraction of sp³-hybridized carbons (Fsp3) is 0.200. The molecule has 3 nitrogen and oxygen atoms in total. The zero-order valence-electron chi connectivity index (χ0n) is 11.2. The fourth-order valence-electron chi connectivity index (χ4n) is 1.75. The smallest absolute Gasteiger partial charge is 0.137 e. The Morgan fingerprint density at radius 1 is 1.35 bits per heavy atom. The van der Waals surface area contributed by atoms with E-state index in [1.165, 1.54) is 0 Å². The van der Waals surface area contributed by atoms with Crippen LogP contribution in [0.1, 0.15) is 5.76 Å². The van der Waals surface area contributed by atoms with E-state index >= 15 is 0 Å². The van der Waals surface area contributed by atoms with Gasteiger partial charge in [-0.05, 0) is 30.3 Å². The molecule has 108 valence electrons. The summed E-state index contributed by atoms with van der Waals surface area (Å²) in [5.74, 6) is 2.33. The molecular formula is C15H17Cl2NO2. The summed E-state index contributed by atoms with van der Waals surface area (Å²) >= 11 is 6.10. The lowest BCUT2D eigenvalue weighted by Gasteiger charge is -2.04. The van der Waals surface area contributed by atoms with Gasteiger partial charge in [0, 0.05) is 12.1 Å². The van der Waals surface area contributed by atoms with Crippen LogP contribution in [0.3, 0.4) is 0 Å². The van der Waals surface area contributed by atoms with Crippen molar-refractivity contribution in [3.63, 3.8) is 0 Å². The van der Waals surface area contributed by atoms with Gasteiger partial charge in [-0.15, -0.1) is 19.0 Å². The second-order valence-electron chi connectivity index (χ2n) is 4.03. The molecule has 20 heavy (non-hydrogen) atoms. The van der Waals surface area contributed by atoms with Gasteiger partial charge in [0.1, 0.15) is 17.3 Å². The zero-order valence-corrected chi connectivity index (χ0v) is 12.8. The maximum Gasteiger partial charge on any atom is 0.137 e. The minimum Gasteiger partial charge on any atom is -0.495 e. The van der Waals surface area contributed by atoms with Crippen LogP contribution < -0.4 is 10.1 Å². The molecule has 0 atom stereocenters. The van der Waals surface area contributed by atoms with Crippen LogP contribution in [0, 0.1) is 0 Å². The highest BCUT2D eigenvalue weighted by Crippen LogP contribution is 2.30. The predicted octanol–water partition coefficient (Wildman–Crippen LogP) is 4.31. The number of hydrogen-bond donors (Lipinski definition) is 1. The highest BCUT2D eigenvalue weighted by Gasteiger charge is 2.07. The predicted molar refractivity (Wildman–Crippen MR) is 84.9 cm³/mol. The van der Waals surface area contributed by atoms with Gasteiger partial charge < -0.3 is 14.5 Å². The minimum absolute atomic E-state index is 0. The number of halogens is 2. The van der Waals surface area contributed by atoms with Gasteiger partial charge in [-0.3, -0.25) is 0 Å². The van der Waals surface area contributed by atoms with E-state index < -0.39 is 0 Å². The van der Waals surface area contributed by atoms with Crippen molar-refractivity contribution < 1.29 is 9.15 Å². The lowest BCUT2D eigenvalue weighted by atomic mass is 10.2. The molecule has 0 bridgehead atoms. The van der Waals surface area contributed by atoms with Crippen LogP contribution in [-0.4, -0.2) is 13.7 Å². The van der Waals surface area contributed by atoms with Crippen molar-refractivity contribution in [3.05, 3.63) is 53.8 Å². The number of nitrogens with one attached hydrogen (secondary N) is 1. The molecule has 1 heterocycles. The first-order chi connectivity index (χ1) is 9.24. The molecule has 0 amide bonds. The molecule has 0 fully saturated rings. The summed E-state index contributed by atoms with van der Waals surface area (Å²) in [5.41, 5.74) is 0.931. The topological polar surface area (TPSA) is 34.4 Å². The van der Waals surface area contributed by atoms with Crippen LogP contribution in [0.4, 0.5) is 0 Å². The van der Waals surface area contributed by atoms with Crippen LogP contribution in [0.25, 0.3) is 11.3 Å². The average Bonchev–Trinajstić information content (AvgIpc) is 2.88. The SMILES string of the molecule is C=CCNCc1ccc(-c2ccc(OC)c(Cl)c2)o1.Cl. The Labute approximate surface area is 130 Å². The summed E-state index contributed by atoms with van der Waals surface area (Å²) in [5, 5.41) is 3.76. The second kappa shape index (κ2) is 8.00. The van der Waals surface area contributed by atoms with Gasteiger partial charge in [-0.25, -0.2) is 0 Å². The molecule has 0 unspecified atom stereocenters. The maximum atomic E-state index is 6.10. The number of hydrogen-bond acceptors (Lipinski definition) is 3. The average molecular weight is 314 g/mol. The molecule has 0 saturated carbocycles. The summed E-state index contributed by atoms with van der Waals surface area (Å²) in [7, 11) is 1.59. The van der Waals surface area contributed by atoms with E-state index in [2.05, 4.69) is 11.9 Å². The first-order valence-electron chi connectivity index (χ1n) is 5.99. The van der Waals surface area contributed by atoms with Crippen molar-refractivity contribution in [2.75, 3.05) is 13.7 Å². The van der Waals surface area contributed by atoms with Gasteiger partial charge in [-0.1, -0.05) is 17.7 Å². The molecule has 1 N–H and O–H groups in total. The van der Waals surface area contributed by atoms with Gasteiger partial charge in [-0.2, -0.15) is 0 Å². The Morgan fingerprint density at radius 2 is 2.15 bits per heavy atom. The van der Waals surface area contributed by atoms with E-state index in [1.54, 1.807) is 7.11 Å². The summed E-state index contributed by atoms with van der Waals surface area (Å²) in [4.78, 5) is 0. The number of rotatable bonds is 6. The van der Waals surface area contributed by atoms with E-state index in [0.29, 0.717) is 17.3 Å². The molecule has 5 heteroatoms. The first-order valence-corrected chi connectivity index (χ1v) is 6.36.